The first-order valence-electron chi connectivity index (χ1n) is 4.30. The van der Waals surface area contributed by atoms with Gasteiger partial charge in [-0.3, -0.25) is 0 Å². The summed E-state index contributed by atoms with van der Waals surface area (Å²) >= 11 is 0. The number of halogens is 2. The molecule has 0 amide bonds. The van der Waals surface area contributed by atoms with E-state index < -0.39 is 5.92 Å². The van der Waals surface area contributed by atoms with Gasteiger partial charge in [-0.25, -0.2) is 8.78 Å². The van der Waals surface area contributed by atoms with Crippen LogP contribution in [0.25, 0.3) is 5.70 Å². The van der Waals surface area contributed by atoms with Crippen LogP contribution < -0.4 is 5.32 Å². The Labute approximate surface area is 82.4 Å². The van der Waals surface area contributed by atoms with Crippen molar-refractivity contribution in [1.82, 2.24) is 5.32 Å². The fourth-order valence-electron chi connectivity index (χ4n) is 1.12. The van der Waals surface area contributed by atoms with E-state index in [9.17, 15) is 8.78 Å². The van der Waals surface area contributed by atoms with Crippen LogP contribution in [0.15, 0.2) is 30.8 Å². The summed E-state index contributed by atoms with van der Waals surface area (Å²) in [6.07, 6.45) is 0. The Morgan fingerprint density at radius 3 is 2.57 bits per heavy atom. The molecule has 1 N–H and O–H groups in total. The van der Waals surface area contributed by atoms with E-state index in [0.29, 0.717) is 11.3 Å². The molecule has 1 aromatic carbocycles. The first-order chi connectivity index (χ1) is 6.45. The fraction of sp³-hybridized carbons (Fsp3) is 0.273. The molecular formula is C11H13F2N. The van der Waals surface area contributed by atoms with E-state index >= 15 is 0 Å². The van der Waals surface area contributed by atoms with Crippen LogP contribution in [0.3, 0.4) is 0 Å². The Bertz CT molecular complexity index is 339. The molecule has 0 heterocycles. The molecule has 0 aliphatic rings. The Morgan fingerprint density at radius 1 is 1.43 bits per heavy atom. The standard InChI is InChI=1S/C11H13F2N/c1-8(14-3)9-5-4-6-10(7-9)11(2,12)13/h4-7,14H,1H2,2-3H3. The Balaban J connectivity index is 3.08. The van der Waals surface area contributed by atoms with Crippen LogP contribution >= 0.6 is 0 Å². The van der Waals surface area contributed by atoms with E-state index in [4.69, 9.17) is 0 Å². The van der Waals surface area contributed by atoms with Crippen molar-refractivity contribution in [2.45, 2.75) is 12.8 Å². The summed E-state index contributed by atoms with van der Waals surface area (Å²) in [6, 6.07) is 6.20. The highest BCUT2D eigenvalue weighted by Crippen LogP contribution is 2.28. The maximum absolute atomic E-state index is 13.0. The number of hydrogen-bond acceptors (Lipinski definition) is 1. The lowest BCUT2D eigenvalue weighted by Crippen LogP contribution is -2.09. The molecule has 0 atom stereocenters. The largest absolute Gasteiger partial charge is 0.388 e. The second-order valence-electron chi connectivity index (χ2n) is 3.20. The lowest BCUT2D eigenvalue weighted by atomic mass is 10.1. The van der Waals surface area contributed by atoms with Crippen molar-refractivity contribution in [2.75, 3.05) is 7.05 Å². The SMILES string of the molecule is C=C(NC)c1cccc(C(C)(F)F)c1. The molecule has 0 radical (unpaired) electrons. The number of nitrogens with one attached hydrogen (secondary N) is 1. The summed E-state index contributed by atoms with van der Waals surface area (Å²) < 4.78 is 25.9. The zero-order valence-corrected chi connectivity index (χ0v) is 8.27. The second kappa shape index (κ2) is 3.78. The van der Waals surface area contributed by atoms with E-state index in [-0.39, 0.29) is 5.56 Å². The van der Waals surface area contributed by atoms with Gasteiger partial charge in [-0.05, 0) is 11.6 Å². The van der Waals surface area contributed by atoms with Gasteiger partial charge in [0.15, 0.2) is 0 Å². The molecule has 1 nitrogen and oxygen atoms in total. The number of hydrogen-bond donors (Lipinski definition) is 1. The van der Waals surface area contributed by atoms with Gasteiger partial charge in [0.05, 0.1) is 0 Å². The highest BCUT2D eigenvalue weighted by molar-refractivity contribution is 5.62. The van der Waals surface area contributed by atoms with E-state index in [1.54, 1.807) is 19.2 Å². The van der Waals surface area contributed by atoms with Crippen molar-refractivity contribution in [3.8, 4) is 0 Å². The maximum atomic E-state index is 13.0. The third-order valence-electron chi connectivity index (χ3n) is 2.02. The average molecular weight is 197 g/mol. The summed E-state index contributed by atoms with van der Waals surface area (Å²) in [7, 11) is 1.71. The third-order valence-corrected chi connectivity index (χ3v) is 2.02. The lowest BCUT2D eigenvalue weighted by Gasteiger charge is -2.12. The van der Waals surface area contributed by atoms with Gasteiger partial charge in [0.2, 0.25) is 0 Å². The van der Waals surface area contributed by atoms with E-state index in [1.807, 2.05) is 0 Å². The number of alkyl halides is 2. The highest BCUT2D eigenvalue weighted by atomic mass is 19.3. The normalized spacial score (nSPS) is 11.1. The van der Waals surface area contributed by atoms with Gasteiger partial charge >= 0.3 is 0 Å². The molecule has 0 aromatic heterocycles. The second-order valence-corrected chi connectivity index (χ2v) is 3.20. The molecule has 14 heavy (non-hydrogen) atoms. The van der Waals surface area contributed by atoms with Crippen LogP contribution in [0.1, 0.15) is 18.1 Å². The monoisotopic (exact) mass is 197 g/mol. The third kappa shape index (κ3) is 2.31. The molecule has 3 heteroatoms. The summed E-state index contributed by atoms with van der Waals surface area (Å²) in [6.45, 7) is 4.59. The molecule has 0 saturated heterocycles. The van der Waals surface area contributed by atoms with Crippen molar-refractivity contribution < 1.29 is 8.78 Å². The number of rotatable bonds is 3. The van der Waals surface area contributed by atoms with Gasteiger partial charge in [0, 0.05) is 25.2 Å². The van der Waals surface area contributed by atoms with Gasteiger partial charge in [-0.1, -0.05) is 24.8 Å². The first kappa shape index (κ1) is 10.7. The minimum atomic E-state index is -2.80. The zero-order valence-electron chi connectivity index (χ0n) is 8.27. The van der Waals surface area contributed by atoms with E-state index in [2.05, 4.69) is 11.9 Å². The summed E-state index contributed by atoms with van der Waals surface area (Å²) in [5.41, 5.74) is 1.33. The Hall–Kier alpha value is -1.38. The summed E-state index contributed by atoms with van der Waals surface area (Å²) in [5.74, 6) is -2.80. The van der Waals surface area contributed by atoms with Crippen LogP contribution in [0.5, 0.6) is 0 Å². The van der Waals surface area contributed by atoms with Crippen LogP contribution in [-0.2, 0) is 5.92 Å². The van der Waals surface area contributed by atoms with Gasteiger partial charge < -0.3 is 5.32 Å². The smallest absolute Gasteiger partial charge is 0.270 e. The lowest BCUT2D eigenvalue weighted by molar-refractivity contribution is 0.0174. The molecule has 0 spiro atoms. The maximum Gasteiger partial charge on any atom is 0.270 e. The van der Waals surface area contributed by atoms with Gasteiger partial charge in [-0.15, -0.1) is 0 Å². The van der Waals surface area contributed by atoms with Crippen molar-refractivity contribution in [3.63, 3.8) is 0 Å². The number of benzene rings is 1. The summed E-state index contributed by atoms with van der Waals surface area (Å²) in [5, 5.41) is 2.82. The quantitative estimate of drug-likeness (QED) is 0.785. The first-order valence-corrected chi connectivity index (χ1v) is 4.30. The molecule has 0 unspecified atom stereocenters. The molecular weight excluding hydrogens is 184 g/mol. The fourth-order valence-corrected chi connectivity index (χ4v) is 1.12. The van der Waals surface area contributed by atoms with Gasteiger partial charge in [0.25, 0.3) is 5.92 Å². The molecule has 0 aliphatic heterocycles. The Kier molecular flexibility index (Phi) is 2.89. The Morgan fingerprint density at radius 2 is 2.07 bits per heavy atom. The predicted octanol–water partition coefficient (Wildman–Crippen LogP) is 2.99. The predicted molar refractivity (Wildman–Crippen MR) is 54.1 cm³/mol. The zero-order chi connectivity index (χ0) is 10.8. The molecule has 1 aromatic rings. The highest BCUT2D eigenvalue weighted by Gasteiger charge is 2.24. The summed E-state index contributed by atoms with van der Waals surface area (Å²) in [4.78, 5) is 0. The van der Waals surface area contributed by atoms with Crippen LogP contribution in [-0.4, -0.2) is 7.05 Å². The minimum Gasteiger partial charge on any atom is -0.388 e. The van der Waals surface area contributed by atoms with Crippen LogP contribution in [0, 0.1) is 0 Å². The molecule has 76 valence electrons. The van der Waals surface area contributed by atoms with E-state index in [0.717, 1.165) is 6.92 Å². The van der Waals surface area contributed by atoms with Crippen molar-refractivity contribution in [3.05, 3.63) is 42.0 Å². The van der Waals surface area contributed by atoms with Crippen LogP contribution in [0.2, 0.25) is 0 Å². The van der Waals surface area contributed by atoms with Crippen molar-refractivity contribution in [2.24, 2.45) is 0 Å². The van der Waals surface area contributed by atoms with Crippen molar-refractivity contribution >= 4 is 5.70 Å². The molecule has 1 rings (SSSR count). The molecule has 0 bridgehead atoms. The van der Waals surface area contributed by atoms with Crippen molar-refractivity contribution in [1.29, 1.82) is 0 Å². The van der Waals surface area contributed by atoms with Gasteiger partial charge in [0.1, 0.15) is 0 Å². The van der Waals surface area contributed by atoms with E-state index in [1.165, 1.54) is 12.1 Å². The topological polar surface area (TPSA) is 12.0 Å². The molecule has 0 aliphatic carbocycles. The molecule has 0 saturated carbocycles. The van der Waals surface area contributed by atoms with Crippen LogP contribution in [0.4, 0.5) is 8.78 Å². The van der Waals surface area contributed by atoms with Gasteiger partial charge in [-0.2, -0.15) is 0 Å². The molecule has 0 fully saturated rings. The minimum absolute atomic E-state index is 0.00593. The average Bonchev–Trinajstić information content (AvgIpc) is 2.15.